The topological polar surface area (TPSA) is 42.2 Å². The van der Waals surface area contributed by atoms with Crippen molar-refractivity contribution >= 4 is 22.9 Å². The standard InChI is InChI=1S/C37H54N2O2S/c1-6-7-8-9-10-11-12-13-14-15-16-19-24-41-35-26-33(37(3,4)5)23-22-31(35)25-36(40)38-34-21-18-17-20-32(34)27-39-29-42-28-30(39)2/h17-18,20-23,26,28-29H,6-16,19,24-25,27H2,1-5H3/p+1. The number of para-hydroxylation sites is 1. The van der Waals surface area contributed by atoms with Crippen LogP contribution in [0, 0.1) is 6.92 Å². The molecule has 4 nitrogen and oxygen atoms in total. The van der Waals surface area contributed by atoms with E-state index in [2.05, 4.69) is 79.7 Å². The Balaban J connectivity index is 1.50. The summed E-state index contributed by atoms with van der Waals surface area (Å²) in [6, 6.07) is 14.4. The van der Waals surface area contributed by atoms with E-state index in [1.165, 1.54) is 81.9 Å². The fraction of sp³-hybridized carbons (Fsp3) is 0.568. The van der Waals surface area contributed by atoms with Gasteiger partial charge >= 0.3 is 0 Å². The molecule has 0 saturated carbocycles. The molecular formula is C37H55N2O2S+. The van der Waals surface area contributed by atoms with E-state index in [0.29, 0.717) is 6.61 Å². The molecule has 0 unspecified atom stereocenters. The monoisotopic (exact) mass is 591 g/mol. The smallest absolute Gasteiger partial charge is 0.228 e. The number of nitrogens with one attached hydrogen (secondary N) is 1. The Labute approximate surface area is 259 Å². The average Bonchev–Trinajstić information content (AvgIpc) is 3.36. The van der Waals surface area contributed by atoms with Crippen LogP contribution in [0.5, 0.6) is 5.75 Å². The maximum Gasteiger partial charge on any atom is 0.228 e. The third-order valence-electron chi connectivity index (χ3n) is 8.05. The summed E-state index contributed by atoms with van der Waals surface area (Å²) in [6.07, 6.45) is 16.2. The first-order valence-corrected chi connectivity index (χ1v) is 17.3. The lowest BCUT2D eigenvalue weighted by atomic mass is 9.86. The van der Waals surface area contributed by atoms with E-state index in [0.717, 1.165) is 35.5 Å². The Morgan fingerprint density at radius 3 is 2.12 bits per heavy atom. The van der Waals surface area contributed by atoms with Crippen LogP contribution in [0.15, 0.2) is 53.4 Å². The first kappa shape index (κ1) is 33.8. The molecule has 0 aliphatic rings. The zero-order chi connectivity index (χ0) is 30.2. The van der Waals surface area contributed by atoms with Crippen LogP contribution in [-0.2, 0) is 23.2 Å². The van der Waals surface area contributed by atoms with Gasteiger partial charge in [-0.3, -0.25) is 4.79 Å². The van der Waals surface area contributed by atoms with Crippen molar-refractivity contribution in [3.8, 4) is 5.75 Å². The quantitative estimate of drug-likeness (QED) is 0.111. The minimum atomic E-state index is -0.0202. The normalized spacial score (nSPS) is 11.5. The maximum absolute atomic E-state index is 13.3. The highest BCUT2D eigenvalue weighted by Crippen LogP contribution is 2.30. The van der Waals surface area contributed by atoms with Crippen LogP contribution >= 0.6 is 11.3 Å². The fourth-order valence-electron chi connectivity index (χ4n) is 5.27. The van der Waals surface area contributed by atoms with Crippen molar-refractivity contribution < 1.29 is 14.1 Å². The van der Waals surface area contributed by atoms with Crippen LogP contribution in [0.25, 0.3) is 0 Å². The van der Waals surface area contributed by atoms with Gasteiger partial charge in [-0.15, -0.1) is 0 Å². The molecule has 5 heteroatoms. The van der Waals surface area contributed by atoms with Crippen molar-refractivity contribution in [1.82, 2.24) is 0 Å². The zero-order valence-electron chi connectivity index (χ0n) is 27.0. The number of ether oxygens (including phenoxy) is 1. The molecule has 0 bridgehead atoms. The Morgan fingerprint density at radius 2 is 1.50 bits per heavy atom. The van der Waals surface area contributed by atoms with E-state index in [1.54, 1.807) is 11.3 Å². The second-order valence-corrected chi connectivity index (χ2v) is 13.5. The zero-order valence-corrected chi connectivity index (χ0v) is 27.8. The van der Waals surface area contributed by atoms with E-state index in [4.69, 9.17) is 4.74 Å². The number of anilines is 1. The Bertz CT molecular complexity index is 1210. The molecule has 3 aromatic rings. The summed E-state index contributed by atoms with van der Waals surface area (Å²) in [5.74, 6) is 0.826. The van der Waals surface area contributed by atoms with Gasteiger partial charge in [0.25, 0.3) is 0 Å². The third kappa shape index (κ3) is 11.9. The van der Waals surface area contributed by atoms with Crippen LogP contribution in [0.3, 0.4) is 0 Å². The van der Waals surface area contributed by atoms with Gasteiger partial charge in [0.1, 0.15) is 5.75 Å². The first-order chi connectivity index (χ1) is 20.3. The summed E-state index contributed by atoms with van der Waals surface area (Å²) in [6.45, 7) is 12.5. The highest BCUT2D eigenvalue weighted by molar-refractivity contribution is 7.07. The highest BCUT2D eigenvalue weighted by Gasteiger charge is 2.19. The van der Waals surface area contributed by atoms with Crippen molar-refractivity contribution in [3.63, 3.8) is 0 Å². The molecule has 0 aliphatic heterocycles. The van der Waals surface area contributed by atoms with Crippen molar-refractivity contribution in [2.75, 3.05) is 11.9 Å². The molecule has 1 aromatic heterocycles. The van der Waals surface area contributed by atoms with Gasteiger partial charge < -0.3 is 10.1 Å². The lowest BCUT2D eigenvalue weighted by molar-refractivity contribution is -0.689. The average molecular weight is 592 g/mol. The highest BCUT2D eigenvalue weighted by atomic mass is 32.1. The number of aryl methyl sites for hydroxylation is 1. The van der Waals surface area contributed by atoms with Gasteiger partial charge in [-0.05, 0) is 29.5 Å². The second-order valence-electron chi connectivity index (χ2n) is 12.8. The number of hydrogen-bond acceptors (Lipinski definition) is 3. The SMILES string of the molecule is CCCCCCCCCCCCCCOc1cc(C(C)(C)C)ccc1CC(=O)Nc1ccccc1C[n+]1cscc1C. The minimum absolute atomic E-state index is 0.0191. The van der Waals surface area contributed by atoms with Crippen LogP contribution in [0.2, 0.25) is 0 Å². The number of carbonyl (C=O) groups excluding carboxylic acids is 1. The molecule has 0 radical (unpaired) electrons. The number of nitrogens with zero attached hydrogens (tertiary/aromatic N) is 1. The maximum atomic E-state index is 13.3. The molecule has 1 N–H and O–H groups in total. The first-order valence-electron chi connectivity index (χ1n) is 16.3. The summed E-state index contributed by atoms with van der Waals surface area (Å²) in [5, 5.41) is 5.32. The van der Waals surface area contributed by atoms with Gasteiger partial charge in [0.2, 0.25) is 11.4 Å². The lowest BCUT2D eigenvalue weighted by Crippen LogP contribution is -2.34. The van der Waals surface area contributed by atoms with Crippen molar-refractivity contribution in [1.29, 1.82) is 0 Å². The largest absolute Gasteiger partial charge is 0.493 e. The van der Waals surface area contributed by atoms with Crippen LogP contribution in [0.4, 0.5) is 5.69 Å². The number of aromatic nitrogens is 1. The predicted octanol–water partition coefficient (Wildman–Crippen LogP) is 9.95. The van der Waals surface area contributed by atoms with E-state index in [1.807, 2.05) is 18.2 Å². The molecule has 0 fully saturated rings. The van der Waals surface area contributed by atoms with Gasteiger partial charge in [-0.1, -0.05) is 140 Å². The van der Waals surface area contributed by atoms with E-state index >= 15 is 0 Å². The van der Waals surface area contributed by atoms with Crippen molar-refractivity contribution in [2.24, 2.45) is 0 Å². The van der Waals surface area contributed by atoms with Crippen LogP contribution in [0.1, 0.15) is 127 Å². The van der Waals surface area contributed by atoms with E-state index < -0.39 is 0 Å². The van der Waals surface area contributed by atoms with Crippen molar-refractivity contribution in [2.45, 2.75) is 130 Å². The summed E-state index contributed by atoms with van der Waals surface area (Å²) < 4.78 is 8.55. The molecule has 3 rings (SSSR count). The van der Waals surface area contributed by atoms with Crippen molar-refractivity contribution in [3.05, 3.63) is 75.7 Å². The molecule has 0 aliphatic carbocycles. The summed E-state index contributed by atoms with van der Waals surface area (Å²) in [7, 11) is 0. The molecule has 1 amide bonds. The Kier molecular flexibility index (Phi) is 14.6. The van der Waals surface area contributed by atoms with Gasteiger partial charge in [0.15, 0.2) is 12.2 Å². The number of benzene rings is 2. The van der Waals surface area contributed by atoms with E-state index in [9.17, 15) is 4.79 Å². The summed E-state index contributed by atoms with van der Waals surface area (Å²) >= 11 is 1.69. The number of hydrogen-bond donors (Lipinski definition) is 1. The molecular weight excluding hydrogens is 536 g/mol. The van der Waals surface area contributed by atoms with Gasteiger partial charge in [-0.2, -0.15) is 4.57 Å². The number of amides is 1. The number of unbranched alkanes of at least 4 members (excludes halogenated alkanes) is 11. The third-order valence-corrected chi connectivity index (χ3v) is 8.90. The Hall–Kier alpha value is -2.66. The van der Waals surface area contributed by atoms with E-state index in [-0.39, 0.29) is 17.7 Å². The van der Waals surface area contributed by atoms with Gasteiger partial charge in [0, 0.05) is 18.1 Å². The molecule has 42 heavy (non-hydrogen) atoms. The van der Waals surface area contributed by atoms with Gasteiger partial charge in [-0.25, -0.2) is 0 Å². The van der Waals surface area contributed by atoms with Crippen LogP contribution in [-0.4, -0.2) is 12.5 Å². The predicted molar refractivity (Wildman–Crippen MR) is 179 cm³/mol. The minimum Gasteiger partial charge on any atom is -0.493 e. The molecule has 0 atom stereocenters. The van der Waals surface area contributed by atoms with Crippen LogP contribution < -0.4 is 14.6 Å². The number of rotatable bonds is 19. The number of thiazole rings is 1. The summed E-state index contributed by atoms with van der Waals surface area (Å²) in [4.78, 5) is 13.3. The summed E-state index contributed by atoms with van der Waals surface area (Å²) in [5.41, 5.74) is 7.49. The molecule has 230 valence electrons. The molecule has 0 spiro atoms. The fourth-order valence-corrected chi connectivity index (χ4v) is 6.05. The molecule has 1 heterocycles. The molecule has 2 aromatic carbocycles. The molecule has 0 saturated heterocycles. The lowest BCUT2D eigenvalue weighted by Gasteiger charge is -2.21. The van der Waals surface area contributed by atoms with Gasteiger partial charge in [0.05, 0.1) is 24.1 Å². The number of carbonyl (C=O) groups is 1. The Morgan fingerprint density at radius 1 is 0.857 bits per heavy atom. The second kappa shape index (κ2) is 18.1.